The van der Waals surface area contributed by atoms with Gasteiger partial charge in [-0.2, -0.15) is 5.21 Å². The minimum absolute atomic E-state index is 0.0503. The first kappa shape index (κ1) is 13.9. The number of carbonyl (C=O) groups is 1. The first-order valence-corrected chi connectivity index (χ1v) is 7.01. The Morgan fingerprint density at radius 1 is 1.42 bits per heavy atom. The highest BCUT2D eigenvalue weighted by molar-refractivity contribution is 5.76. The van der Waals surface area contributed by atoms with E-state index >= 15 is 0 Å². The predicted octanol–water partition coefficient (Wildman–Crippen LogP) is 0.643. The summed E-state index contributed by atoms with van der Waals surface area (Å²) in [6, 6.07) is -0.193. The number of amides is 1. The molecule has 0 saturated carbocycles. The topological polar surface area (TPSA) is 86.8 Å². The molecule has 1 aromatic heterocycles. The highest BCUT2D eigenvalue weighted by Gasteiger charge is 2.14. The fourth-order valence-corrected chi connectivity index (χ4v) is 2.38. The van der Waals surface area contributed by atoms with Gasteiger partial charge in [0, 0.05) is 6.42 Å². The average Bonchev–Trinajstić information content (AvgIpc) is 2.94. The summed E-state index contributed by atoms with van der Waals surface area (Å²) in [6.07, 6.45) is 5.39. The quantitative estimate of drug-likeness (QED) is 0.789. The SMILES string of the molecule is CC(NC(=O)CCCN1CCCCC1)c1nn[nH]n1. The maximum absolute atomic E-state index is 11.8. The van der Waals surface area contributed by atoms with Gasteiger partial charge in [0.25, 0.3) is 0 Å². The van der Waals surface area contributed by atoms with Crippen LogP contribution in [0.15, 0.2) is 0 Å². The van der Waals surface area contributed by atoms with Gasteiger partial charge in [-0.1, -0.05) is 11.6 Å². The Labute approximate surface area is 113 Å². The van der Waals surface area contributed by atoms with Crippen molar-refractivity contribution in [1.29, 1.82) is 0 Å². The lowest BCUT2D eigenvalue weighted by Gasteiger charge is -2.26. The summed E-state index contributed by atoms with van der Waals surface area (Å²) < 4.78 is 0. The van der Waals surface area contributed by atoms with Gasteiger partial charge in [-0.3, -0.25) is 4.79 Å². The van der Waals surface area contributed by atoms with E-state index in [0.717, 1.165) is 13.0 Å². The Hall–Kier alpha value is -1.50. The molecular formula is C12H22N6O. The molecule has 0 spiro atoms. The zero-order valence-electron chi connectivity index (χ0n) is 11.4. The van der Waals surface area contributed by atoms with Crippen molar-refractivity contribution in [3.05, 3.63) is 5.82 Å². The maximum Gasteiger partial charge on any atom is 0.220 e. The number of hydrogen-bond donors (Lipinski definition) is 2. The van der Waals surface area contributed by atoms with E-state index in [4.69, 9.17) is 0 Å². The molecule has 1 aliphatic heterocycles. The molecule has 2 rings (SSSR count). The van der Waals surface area contributed by atoms with E-state index in [9.17, 15) is 4.79 Å². The van der Waals surface area contributed by atoms with Crippen molar-refractivity contribution < 1.29 is 4.79 Å². The fourth-order valence-electron chi connectivity index (χ4n) is 2.38. The molecule has 0 radical (unpaired) electrons. The van der Waals surface area contributed by atoms with Gasteiger partial charge >= 0.3 is 0 Å². The molecule has 1 unspecified atom stereocenters. The molecule has 1 fully saturated rings. The number of likely N-dealkylation sites (tertiary alicyclic amines) is 1. The molecule has 1 amide bonds. The minimum Gasteiger partial charge on any atom is -0.346 e. The molecule has 2 N–H and O–H groups in total. The van der Waals surface area contributed by atoms with E-state index in [1.807, 2.05) is 6.92 Å². The van der Waals surface area contributed by atoms with Crippen LogP contribution in [0.25, 0.3) is 0 Å². The summed E-state index contributed by atoms with van der Waals surface area (Å²) in [5.74, 6) is 0.568. The van der Waals surface area contributed by atoms with E-state index in [0.29, 0.717) is 12.2 Å². The molecule has 1 aromatic rings. The summed E-state index contributed by atoms with van der Waals surface area (Å²) in [7, 11) is 0. The van der Waals surface area contributed by atoms with Crippen LogP contribution in [-0.2, 0) is 4.79 Å². The Morgan fingerprint density at radius 2 is 2.21 bits per heavy atom. The average molecular weight is 266 g/mol. The van der Waals surface area contributed by atoms with Gasteiger partial charge < -0.3 is 10.2 Å². The zero-order valence-corrected chi connectivity index (χ0v) is 11.4. The smallest absolute Gasteiger partial charge is 0.220 e. The van der Waals surface area contributed by atoms with Crippen molar-refractivity contribution in [2.45, 2.75) is 45.1 Å². The first-order chi connectivity index (χ1) is 9.25. The second-order valence-electron chi connectivity index (χ2n) is 5.07. The van der Waals surface area contributed by atoms with Gasteiger partial charge in [-0.15, -0.1) is 10.2 Å². The van der Waals surface area contributed by atoms with Crippen LogP contribution >= 0.6 is 0 Å². The highest BCUT2D eigenvalue weighted by atomic mass is 16.1. The normalized spacial score (nSPS) is 18.2. The lowest BCUT2D eigenvalue weighted by Crippen LogP contribution is -2.32. The molecule has 7 heteroatoms. The van der Waals surface area contributed by atoms with E-state index in [-0.39, 0.29) is 11.9 Å². The Bertz CT molecular complexity index is 374. The molecule has 1 saturated heterocycles. The van der Waals surface area contributed by atoms with Gasteiger partial charge in [0.1, 0.15) is 0 Å². The van der Waals surface area contributed by atoms with Gasteiger partial charge in [-0.05, 0) is 45.8 Å². The summed E-state index contributed by atoms with van der Waals surface area (Å²) >= 11 is 0. The van der Waals surface area contributed by atoms with Crippen molar-refractivity contribution in [1.82, 2.24) is 30.8 Å². The van der Waals surface area contributed by atoms with Crippen LogP contribution < -0.4 is 5.32 Å². The van der Waals surface area contributed by atoms with E-state index in [1.54, 1.807) is 0 Å². The fraction of sp³-hybridized carbons (Fsp3) is 0.833. The summed E-state index contributed by atoms with van der Waals surface area (Å²) in [6.45, 7) is 5.24. The molecule has 0 aliphatic carbocycles. The third-order valence-corrected chi connectivity index (χ3v) is 3.45. The van der Waals surface area contributed by atoms with Crippen LogP contribution in [0.4, 0.5) is 0 Å². The summed E-state index contributed by atoms with van der Waals surface area (Å²) in [4.78, 5) is 14.2. The molecule has 1 atom stereocenters. The van der Waals surface area contributed by atoms with E-state index in [1.165, 1.54) is 32.4 Å². The highest BCUT2D eigenvalue weighted by Crippen LogP contribution is 2.10. The number of nitrogens with one attached hydrogen (secondary N) is 2. The van der Waals surface area contributed by atoms with Crippen LogP contribution in [-0.4, -0.2) is 51.1 Å². The lowest BCUT2D eigenvalue weighted by molar-refractivity contribution is -0.121. The summed E-state index contributed by atoms with van der Waals surface area (Å²) in [5, 5.41) is 16.4. The second-order valence-corrected chi connectivity index (χ2v) is 5.07. The van der Waals surface area contributed by atoms with Crippen LogP contribution in [0, 0.1) is 0 Å². The largest absolute Gasteiger partial charge is 0.346 e. The maximum atomic E-state index is 11.8. The van der Waals surface area contributed by atoms with Gasteiger partial charge in [0.2, 0.25) is 5.91 Å². The standard InChI is InChI=1S/C12H22N6O/c1-10(12-14-16-17-15-12)13-11(19)6-5-9-18-7-3-2-4-8-18/h10H,2-9H2,1H3,(H,13,19)(H,14,15,16,17). The molecule has 1 aliphatic rings. The summed E-state index contributed by atoms with van der Waals surface area (Å²) in [5.41, 5.74) is 0. The van der Waals surface area contributed by atoms with E-state index < -0.39 is 0 Å². The van der Waals surface area contributed by atoms with E-state index in [2.05, 4.69) is 30.8 Å². The Kier molecular flexibility index (Phi) is 5.26. The third-order valence-electron chi connectivity index (χ3n) is 3.45. The van der Waals surface area contributed by atoms with Crippen LogP contribution in [0.3, 0.4) is 0 Å². The van der Waals surface area contributed by atoms with Crippen molar-refractivity contribution >= 4 is 5.91 Å². The minimum atomic E-state index is -0.193. The van der Waals surface area contributed by atoms with Crippen molar-refractivity contribution in [2.24, 2.45) is 0 Å². The lowest BCUT2D eigenvalue weighted by atomic mass is 10.1. The monoisotopic (exact) mass is 266 g/mol. The number of H-pyrrole nitrogens is 1. The van der Waals surface area contributed by atoms with Crippen molar-refractivity contribution in [3.8, 4) is 0 Å². The van der Waals surface area contributed by atoms with Gasteiger partial charge in [0.05, 0.1) is 6.04 Å². The Morgan fingerprint density at radius 3 is 2.89 bits per heavy atom. The van der Waals surface area contributed by atoms with Crippen molar-refractivity contribution in [2.75, 3.05) is 19.6 Å². The molecule has 0 bridgehead atoms. The molecule has 7 nitrogen and oxygen atoms in total. The zero-order chi connectivity index (χ0) is 13.5. The predicted molar refractivity (Wildman–Crippen MR) is 70.3 cm³/mol. The molecular weight excluding hydrogens is 244 g/mol. The number of aromatic amines is 1. The number of piperidine rings is 1. The number of nitrogens with zero attached hydrogens (tertiary/aromatic N) is 4. The molecule has 106 valence electrons. The second kappa shape index (κ2) is 7.18. The molecule has 2 heterocycles. The van der Waals surface area contributed by atoms with Gasteiger partial charge in [0.15, 0.2) is 5.82 Å². The number of aromatic nitrogens is 4. The Balaban J connectivity index is 1.61. The van der Waals surface area contributed by atoms with Crippen LogP contribution in [0.2, 0.25) is 0 Å². The number of tetrazole rings is 1. The van der Waals surface area contributed by atoms with Crippen LogP contribution in [0.5, 0.6) is 0 Å². The number of rotatable bonds is 6. The molecule has 0 aromatic carbocycles. The number of carbonyl (C=O) groups excluding carboxylic acids is 1. The van der Waals surface area contributed by atoms with Crippen molar-refractivity contribution in [3.63, 3.8) is 0 Å². The molecule has 19 heavy (non-hydrogen) atoms. The number of hydrogen-bond acceptors (Lipinski definition) is 5. The van der Waals surface area contributed by atoms with Gasteiger partial charge in [-0.25, -0.2) is 0 Å². The van der Waals surface area contributed by atoms with Crippen LogP contribution in [0.1, 0.15) is 50.9 Å². The first-order valence-electron chi connectivity index (χ1n) is 7.01. The third kappa shape index (κ3) is 4.59.